The maximum atomic E-state index is 5.77. The first-order valence-electron chi connectivity index (χ1n) is 9.90. The lowest BCUT2D eigenvalue weighted by Gasteiger charge is -2.27. The number of para-hydroxylation sites is 1. The predicted molar refractivity (Wildman–Crippen MR) is 105 cm³/mol. The maximum absolute atomic E-state index is 5.77. The molecule has 0 aliphatic carbocycles. The van der Waals surface area contributed by atoms with Crippen LogP contribution in [0.1, 0.15) is 42.9 Å². The lowest BCUT2D eigenvalue weighted by Crippen LogP contribution is -2.47. The summed E-state index contributed by atoms with van der Waals surface area (Å²) < 4.78 is 7.79. The van der Waals surface area contributed by atoms with Gasteiger partial charge in [-0.2, -0.15) is 5.10 Å². The minimum Gasteiger partial charge on any atom is -0.493 e. The molecule has 2 atom stereocenters. The third-order valence-corrected chi connectivity index (χ3v) is 5.20. The van der Waals surface area contributed by atoms with Crippen molar-refractivity contribution in [2.45, 2.75) is 51.6 Å². The molecule has 2 aromatic rings. The average Bonchev–Trinajstić information content (AvgIpc) is 3.05. The van der Waals surface area contributed by atoms with E-state index in [9.17, 15) is 0 Å². The highest BCUT2D eigenvalue weighted by Crippen LogP contribution is 2.33. The Kier molecular flexibility index (Phi) is 5.27. The van der Waals surface area contributed by atoms with Gasteiger partial charge >= 0.3 is 0 Å². The molecule has 2 unspecified atom stereocenters. The zero-order valence-corrected chi connectivity index (χ0v) is 16.1. The normalized spacial score (nSPS) is 21.8. The summed E-state index contributed by atoms with van der Waals surface area (Å²) in [5.41, 5.74) is 1.27. The van der Waals surface area contributed by atoms with E-state index >= 15 is 0 Å². The number of aryl methyl sites for hydroxylation is 2. The van der Waals surface area contributed by atoms with Crippen LogP contribution in [-0.2, 0) is 13.0 Å². The van der Waals surface area contributed by atoms with Crippen LogP contribution in [0.2, 0.25) is 0 Å². The summed E-state index contributed by atoms with van der Waals surface area (Å²) in [6.07, 6.45) is 3.00. The largest absolute Gasteiger partial charge is 0.493 e. The van der Waals surface area contributed by atoms with E-state index in [4.69, 9.17) is 9.73 Å². The van der Waals surface area contributed by atoms with Gasteiger partial charge in [0.2, 0.25) is 0 Å². The van der Waals surface area contributed by atoms with Gasteiger partial charge in [0.05, 0.1) is 13.2 Å². The highest BCUT2D eigenvalue weighted by Gasteiger charge is 2.23. The molecule has 2 N–H and O–H groups in total. The summed E-state index contributed by atoms with van der Waals surface area (Å²) >= 11 is 0. The molecule has 0 spiro atoms. The smallest absolute Gasteiger partial charge is 0.191 e. The Labute approximate surface area is 160 Å². The lowest BCUT2D eigenvalue weighted by molar-refractivity contribution is 0.269. The number of nitrogens with one attached hydrogen (secondary N) is 2. The molecule has 0 radical (unpaired) electrons. The number of hydrogen-bond acceptors (Lipinski definition) is 4. The monoisotopic (exact) mass is 368 g/mol. The molecule has 2 aliphatic heterocycles. The van der Waals surface area contributed by atoms with Crippen LogP contribution in [0.25, 0.3) is 0 Å². The van der Waals surface area contributed by atoms with E-state index in [1.807, 2.05) is 23.7 Å². The Morgan fingerprint density at radius 2 is 2.22 bits per heavy atom. The number of benzene rings is 1. The number of rotatable bonds is 4. The van der Waals surface area contributed by atoms with Crippen LogP contribution in [0.15, 0.2) is 29.3 Å². The summed E-state index contributed by atoms with van der Waals surface area (Å²) in [5, 5.41) is 11.5. The van der Waals surface area contributed by atoms with Crippen LogP contribution in [0.3, 0.4) is 0 Å². The van der Waals surface area contributed by atoms with Crippen molar-refractivity contribution >= 4 is 5.96 Å². The van der Waals surface area contributed by atoms with Crippen molar-refractivity contribution in [2.75, 3.05) is 19.7 Å². The van der Waals surface area contributed by atoms with Crippen molar-refractivity contribution < 1.29 is 4.74 Å². The second-order valence-corrected chi connectivity index (χ2v) is 7.23. The average molecular weight is 368 g/mol. The molecule has 7 nitrogen and oxygen atoms in total. The van der Waals surface area contributed by atoms with E-state index in [1.165, 1.54) is 5.56 Å². The lowest BCUT2D eigenvalue weighted by atomic mass is 9.93. The van der Waals surface area contributed by atoms with Gasteiger partial charge < -0.3 is 15.4 Å². The number of aliphatic imine (C=N–C) groups is 1. The van der Waals surface area contributed by atoms with Crippen LogP contribution >= 0.6 is 0 Å². The van der Waals surface area contributed by atoms with Gasteiger partial charge in [0, 0.05) is 31.5 Å². The standard InChI is InChI=1S/C20H28N6O/c1-3-21-20(24-16-8-9-19-23-14(2)25-26(19)13-16)22-12-15-10-11-27-18-7-5-4-6-17(15)18/h4-7,15-16H,3,8-13H2,1-2H3,(H2,21,22,24). The fourth-order valence-electron chi connectivity index (χ4n) is 3.87. The Bertz CT molecular complexity index is 815. The van der Waals surface area contributed by atoms with Gasteiger partial charge in [0.15, 0.2) is 5.96 Å². The Morgan fingerprint density at radius 1 is 1.33 bits per heavy atom. The fourth-order valence-corrected chi connectivity index (χ4v) is 3.87. The van der Waals surface area contributed by atoms with E-state index in [0.29, 0.717) is 12.0 Å². The number of nitrogens with zero attached hydrogens (tertiary/aromatic N) is 4. The number of aromatic nitrogens is 3. The predicted octanol–water partition coefficient (Wildman–Crippen LogP) is 2.02. The molecular weight excluding hydrogens is 340 g/mol. The molecule has 0 amide bonds. The third kappa shape index (κ3) is 4.07. The van der Waals surface area contributed by atoms with E-state index in [-0.39, 0.29) is 0 Å². The first-order valence-corrected chi connectivity index (χ1v) is 9.90. The molecule has 7 heteroatoms. The van der Waals surface area contributed by atoms with E-state index in [0.717, 1.165) is 68.9 Å². The molecule has 4 rings (SSSR count). The van der Waals surface area contributed by atoms with Crippen LogP contribution < -0.4 is 15.4 Å². The minimum absolute atomic E-state index is 0.318. The van der Waals surface area contributed by atoms with Crippen molar-refractivity contribution in [3.8, 4) is 5.75 Å². The highest BCUT2D eigenvalue weighted by atomic mass is 16.5. The van der Waals surface area contributed by atoms with Gasteiger partial charge in [0.1, 0.15) is 17.4 Å². The van der Waals surface area contributed by atoms with Gasteiger partial charge in [-0.1, -0.05) is 18.2 Å². The number of guanidine groups is 1. The molecule has 2 aliphatic rings. The van der Waals surface area contributed by atoms with Crippen molar-refractivity contribution in [3.05, 3.63) is 41.5 Å². The summed E-state index contributed by atoms with van der Waals surface area (Å²) in [5.74, 6) is 4.23. The molecule has 27 heavy (non-hydrogen) atoms. The molecule has 1 aromatic carbocycles. The van der Waals surface area contributed by atoms with Gasteiger partial charge in [-0.3, -0.25) is 4.99 Å². The molecule has 0 saturated heterocycles. The second kappa shape index (κ2) is 7.98. The van der Waals surface area contributed by atoms with Crippen molar-refractivity contribution in [3.63, 3.8) is 0 Å². The molecule has 1 aromatic heterocycles. The first-order chi connectivity index (χ1) is 13.2. The SMILES string of the molecule is CCNC(=NCC1CCOc2ccccc21)NC1CCc2nc(C)nn2C1. The number of fused-ring (bicyclic) bond motifs is 2. The molecule has 0 fully saturated rings. The highest BCUT2D eigenvalue weighted by molar-refractivity contribution is 5.80. The van der Waals surface area contributed by atoms with Crippen LogP contribution in [0, 0.1) is 6.92 Å². The van der Waals surface area contributed by atoms with Crippen molar-refractivity contribution in [1.29, 1.82) is 0 Å². The van der Waals surface area contributed by atoms with Crippen LogP contribution in [-0.4, -0.2) is 46.5 Å². The van der Waals surface area contributed by atoms with E-state index < -0.39 is 0 Å². The van der Waals surface area contributed by atoms with Crippen molar-refractivity contribution in [1.82, 2.24) is 25.4 Å². The van der Waals surface area contributed by atoms with Gasteiger partial charge in [0.25, 0.3) is 0 Å². The van der Waals surface area contributed by atoms with Gasteiger partial charge in [-0.05, 0) is 38.3 Å². The third-order valence-electron chi connectivity index (χ3n) is 5.20. The zero-order valence-electron chi connectivity index (χ0n) is 16.1. The van der Waals surface area contributed by atoms with E-state index in [2.05, 4.69) is 39.8 Å². The van der Waals surface area contributed by atoms with Crippen LogP contribution in [0.4, 0.5) is 0 Å². The Hall–Kier alpha value is -2.57. The Balaban J connectivity index is 1.42. The molecule has 0 bridgehead atoms. The summed E-state index contributed by atoms with van der Waals surface area (Å²) in [6, 6.07) is 8.63. The zero-order chi connectivity index (χ0) is 18.6. The second-order valence-electron chi connectivity index (χ2n) is 7.23. The molecule has 3 heterocycles. The summed E-state index contributed by atoms with van der Waals surface area (Å²) in [6.45, 7) is 7.25. The quantitative estimate of drug-likeness (QED) is 0.638. The van der Waals surface area contributed by atoms with Crippen molar-refractivity contribution in [2.24, 2.45) is 4.99 Å². The molecule has 144 valence electrons. The summed E-state index contributed by atoms with van der Waals surface area (Å²) in [7, 11) is 0. The summed E-state index contributed by atoms with van der Waals surface area (Å²) in [4.78, 5) is 9.37. The maximum Gasteiger partial charge on any atom is 0.191 e. The van der Waals surface area contributed by atoms with Crippen LogP contribution in [0.5, 0.6) is 5.75 Å². The van der Waals surface area contributed by atoms with Gasteiger partial charge in [-0.25, -0.2) is 9.67 Å². The topological polar surface area (TPSA) is 76.4 Å². The number of ether oxygens (including phenoxy) is 1. The first kappa shape index (κ1) is 17.8. The fraction of sp³-hybridized carbons (Fsp3) is 0.550. The molecule has 0 saturated carbocycles. The van der Waals surface area contributed by atoms with E-state index in [1.54, 1.807) is 0 Å². The van der Waals surface area contributed by atoms with Gasteiger partial charge in [-0.15, -0.1) is 0 Å². The molecular formula is C20H28N6O. The minimum atomic E-state index is 0.318. The Morgan fingerprint density at radius 3 is 3.11 bits per heavy atom. The number of hydrogen-bond donors (Lipinski definition) is 2.